The second-order valence-corrected chi connectivity index (χ2v) is 13.4. The third kappa shape index (κ3) is 5.19. The molecule has 3 rings (SSSR count). The Hall–Kier alpha value is -1.15. The minimum atomic E-state index is -1.27. The zero-order valence-corrected chi connectivity index (χ0v) is 17.6. The second kappa shape index (κ2) is 9.69. The van der Waals surface area contributed by atoms with Crippen LogP contribution in [-0.2, 0) is 4.79 Å². The predicted molar refractivity (Wildman–Crippen MR) is 115 cm³/mol. The van der Waals surface area contributed by atoms with Crippen molar-refractivity contribution < 1.29 is 4.79 Å². The maximum Gasteiger partial charge on any atom is 0.155 e. The lowest BCUT2D eigenvalue weighted by molar-refractivity contribution is -0.115. The molecule has 1 aliphatic carbocycles. The number of hydrogen-bond acceptors (Lipinski definition) is 1. The monoisotopic (exact) mass is 368 g/mol. The molecule has 1 fully saturated rings. The van der Waals surface area contributed by atoms with Crippen LogP contribution >= 0.6 is 0 Å². The van der Waals surface area contributed by atoms with Crippen LogP contribution in [0.15, 0.2) is 42.5 Å². The summed E-state index contributed by atoms with van der Waals surface area (Å²) in [6, 6.07) is 16.1. The Labute approximate surface area is 161 Å². The highest BCUT2D eigenvalue weighted by Crippen LogP contribution is 2.39. The van der Waals surface area contributed by atoms with Crippen molar-refractivity contribution in [2.45, 2.75) is 82.8 Å². The molecule has 1 aliphatic heterocycles. The fraction of sp³-hybridized carbons (Fsp3) is 0.625. The number of rotatable bonds is 8. The zero-order valence-electron chi connectivity index (χ0n) is 16.6. The molecule has 1 aromatic carbocycles. The molecular weight excluding hydrogens is 332 g/mol. The molecule has 1 aromatic rings. The number of hydrogen-bond donors (Lipinski definition) is 0. The molecule has 2 heteroatoms. The summed E-state index contributed by atoms with van der Waals surface area (Å²) in [6.07, 6.45) is 15.6. The Morgan fingerprint density at radius 1 is 1.00 bits per heavy atom. The highest BCUT2D eigenvalue weighted by molar-refractivity contribution is 6.92. The van der Waals surface area contributed by atoms with Gasteiger partial charge in [0.1, 0.15) is 0 Å². The molecule has 0 bridgehead atoms. The van der Waals surface area contributed by atoms with Crippen molar-refractivity contribution in [3.8, 4) is 0 Å². The first-order valence-corrected chi connectivity index (χ1v) is 13.6. The molecule has 0 spiro atoms. The standard InChI is InChI=1S/C24H36OSi/c1-2-3-7-18-26(24-8-5-4-6-9-24)19-16-22(17-20-26)11-10-21-12-14-23(25)15-13-21/h4-6,8-9,12,14,21-22H,2-3,7,10-11,13,15-20H2,1H3. The number of carbonyl (C=O) groups is 1. The van der Waals surface area contributed by atoms with E-state index in [0.29, 0.717) is 11.7 Å². The first-order chi connectivity index (χ1) is 12.7. The van der Waals surface area contributed by atoms with Crippen LogP contribution < -0.4 is 5.19 Å². The van der Waals surface area contributed by atoms with Gasteiger partial charge >= 0.3 is 0 Å². The van der Waals surface area contributed by atoms with E-state index < -0.39 is 8.07 Å². The lowest BCUT2D eigenvalue weighted by Gasteiger charge is -2.39. The van der Waals surface area contributed by atoms with Crippen LogP contribution in [0.3, 0.4) is 0 Å². The van der Waals surface area contributed by atoms with Gasteiger partial charge in [-0.2, -0.15) is 0 Å². The van der Waals surface area contributed by atoms with Gasteiger partial charge in [0.2, 0.25) is 0 Å². The first-order valence-electron chi connectivity index (χ1n) is 11.0. The lowest BCUT2D eigenvalue weighted by atomic mass is 9.86. The van der Waals surface area contributed by atoms with E-state index in [9.17, 15) is 4.79 Å². The predicted octanol–water partition coefficient (Wildman–Crippen LogP) is 6.26. The van der Waals surface area contributed by atoms with E-state index in [-0.39, 0.29) is 0 Å². The van der Waals surface area contributed by atoms with E-state index >= 15 is 0 Å². The van der Waals surface area contributed by atoms with Crippen LogP contribution in [0.25, 0.3) is 0 Å². The molecule has 0 N–H and O–H groups in total. The smallest absolute Gasteiger partial charge is 0.155 e. The van der Waals surface area contributed by atoms with E-state index in [2.05, 4.69) is 43.3 Å². The molecule has 1 unspecified atom stereocenters. The number of benzene rings is 1. The summed E-state index contributed by atoms with van der Waals surface area (Å²) in [5.74, 6) is 1.91. The summed E-state index contributed by atoms with van der Waals surface area (Å²) in [6.45, 7) is 2.32. The zero-order chi connectivity index (χ0) is 18.2. The van der Waals surface area contributed by atoms with Crippen molar-refractivity contribution in [1.82, 2.24) is 0 Å². The van der Waals surface area contributed by atoms with Gasteiger partial charge in [-0.05, 0) is 37.2 Å². The quantitative estimate of drug-likeness (QED) is 0.391. The van der Waals surface area contributed by atoms with Crippen molar-refractivity contribution in [1.29, 1.82) is 0 Å². The van der Waals surface area contributed by atoms with Crippen molar-refractivity contribution in [3.63, 3.8) is 0 Å². The second-order valence-electron chi connectivity index (χ2n) is 8.75. The van der Waals surface area contributed by atoms with Gasteiger partial charge < -0.3 is 0 Å². The van der Waals surface area contributed by atoms with Crippen molar-refractivity contribution in [2.24, 2.45) is 11.8 Å². The summed E-state index contributed by atoms with van der Waals surface area (Å²) < 4.78 is 0. The molecule has 0 aromatic heterocycles. The molecule has 142 valence electrons. The Morgan fingerprint density at radius 2 is 1.77 bits per heavy atom. The average molecular weight is 369 g/mol. The van der Waals surface area contributed by atoms with Gasteiger partial charge in [0.05, 0.1) is 8.07 Å². The van der Waals surface area contributed by atoms with Crippen molar-refractivity contribution in [3.05, 3.63) is 42.5 Å². The molecule has 26 heavy (non-hydrogen) atoms. The van der Waals surface area contributed by atoms with Gasteiger partial charge in [0, 0.05) is 6.42 Å². The van der Waals surface area contributed by atoms with Gasteiger partial charge in [-0.1, -0.05) is 98.8 Å². The minimum absolute atomic E-state index is 0.324. The lowest BCUT2D eigenvalue weighted by Crippen LogP contribution is -2.50. The van der Waals surface area contributed by atoms with Gasteiger partial charge in [0.25, 0.3) is 0 Å². The summed E-state index contributed by atoms with van der Waals surface area (Å²) >= 11 is 0. The Balaban J connectivity index is 1.54. The van der Waals surface area contributed by atoms with Gasteiger partial charge in [0.15, 0.2) is 5.78 Å². The molecule has 0 amide bonds. The summed E-state index contributed by atoms with van der Waals surface area (Å²) in [7, 11) is -1.27. The Morgan fingerprint density at radius 3 is 2.42 bits per heavy atom. The normalized spacial score (nSPS) is 29.0. The fourth-order valence-corrected chi connectivity index (χ4v) is 10.5. The highest BCUT2D eigenvalue weighted by Gasteiger charge is 2.38. The molecule has 1 atom stereocenters. The molecule has 0 saturated carbocycles. The maximum atomic E-state index is 11.3. The number of allylic oxidation sites excluding steroid dienone is 2. The van der Waals surface area contributed by atoms with E-state index in [1.165, 1.54) is 63.1 Å². The molecule has 2 aliphatic rings. The molecule has 1 heterocycles. The van der Waals surface area contributed by atoms with E-state index in [4.69, 9.17) is 0 Å². The first kappa shape index (κ1) is 19.6. The van der Waals surface area contributed by atoms with Gasteiger partial charge in [-0.15, -0.1) is 0 Å². The van der Waals surface area contributed by atoms with Gasteiger partial charge in [-0.3, -0.25) is 4.79 Å². The SMILES string of the molecule is CCCCC[Si]1(c2ccccc2)CCC(CCC2C=CC(=O)CC2)CC1. The molecule has 1 nitrogen and oxygen atoms in total. The van der Waals surface area contributed by atoms with Crippen LogP contribution in [0.4, 0.5) is 0 Å². The third-order valence-corrected chi connectivity index (χ3v) is 12.3. The summed E-state index contributed by atoms with van der Waals surface area (Å²) in [5, 5.41) is 1.73. The Bertz CT molecular complexity index is 583. The number of ketones is 1. The third-order valence-electron chi connectivity index (χ3n) is 6.97. The topological polar surface area (TPSA) is 17.1 Å². The van der Waals surface area contributed by atoms with E-state index in [1.54, 1.807) is 5.19 Å². The number of carbonyl (C=O) groups excluding carboxylic acids is 1. The van der Waals surface area contributed by atoms with Crippen LogP contribution in [0.5, 0.6) is 0 Å². The minimum Gasteiger partial charge on any atom is -0.295 e. The Kier molecular flexibility index (Phi) is 7.30. The number of unbranched alkanes of at least 4 members (excludes halogenated alkanes) is 2. The van der Waals surface area contributed by atoms with Crippen LogP contribution in [-0.4, -0.2) is 13.9 Å². The molecular formula is C24H36OSi. The van der Waals surface area contributed by atoms with Crippen molar-refractivity contribution in [2.75, 3.05) is 0 Å². The molecule has 0 radical (unpaired) electrons. The maximum absolute atomic E-state index is 11.3. The summed E-state index contributed by atoms with van der Waals surface area (Å²) in [5.41, 5.74) is 0. The van der Waals surface area contributed by atoms with Crippen LogP contribution in [0.2, 0.25) is 18.1 Å². The van der Waals surface area contributed by atoms with Crippen LogP contribution in [0.1, 0.15) is 64.7 Å². The van der Waals surface area contributed by atoms with E-state index in [1.807, 2.05) is 6.08 Å². The largest absolute Gasteiger partial charge is 0.295 e. The average Bonchev–Trinajstić information content (AvgIpc) is 2.69. The van der Waals surface area contributed by atoms with E-state index in [0.717, 1.165) is 18.8 Å². The van der Waals surface area contributed by atoms with Gasteiger partial charge in [-0.25, -0.2) is 0 Å². The highest BCUT2D eigenvalue weighted by atomic mass is 28.3. The summed E-state index contributed by atoms with van der Waals surface area (Å²) in [4.78, 5) is 11.3. The van der Waals surface area contributed by atoms with Crippen LogP contribution in [0, 0.1) is 11.8 Å². The molecule has 1 saturated heterocycles. The van der Waals surface area contributed by atoms with Crippen molar-refractivity contribution >= 4 is 19.0 Å². The fourth-order valence-electron chi connectivity index (χ4n) is 5.15.